The van der Waals surface area contributed by atoms with Crippen LogP contribution in [0.1, 0.15) is 52.9 Å². The molecule has 1 aliphatic rings. The summed E-state index contributed by atoms with van der Waals surface area (Å²) < 4.78 is 5.04. The molecule has 1 amide bonds. The van der Waals surface area contributed by atoms with E-state index in [1.807, 2.05) is 0 Å². The number of hydrogen-bond donors (Lipinski definition) is 2. The molecule has 6 nitrogen and oxygen atoms in total. The van der Waals surface area contributed by atoms with E-state index >= 15 is 0 Å². The Morgan fingerprint density at radius 2 is 2.05 bits per heavy atom. The third kappa shape index (κ3) is 5.59. The molecule has 1 fully saturated rings. The van der Waals surface area contributed by atoms with Gasteiger partial charge in [-0.2, -0.15) is 0 Å². The van der Waals surface area contributed by atoms with E-state index < -0.39 is 23.7 Å². The molecule has 20 heavy (non-hydrogen) atoms. The van der Waals surface area contributed by atoms with Gasteiger partial charge in [-0.1, -0.05) is 6.42 Å². The molecule has 0 bridgehead atoms. The van der Waals surface area contributed by atoms with Crippen molar-refractivity contribution < 1.29 is 24.2 Å². The van der Waals surface area contributed by atoms with E-state index in [1.165, 1.54) is 0 Å². The number of nitrogens with one attached hydrogen (secondary N) is 1. The molecule has 0 aromatic carbocycles. The SMILES string of the molecule is CC(C)(C)OC(=O)N[C@@H](C[C@@H]1CCCCC1=O)C(=O)O. The average molecular weight is 285 g/mol. The van der Waals surface area contributed by atoms with Crippen molar-refractivity contribution >= 4 is 17.8 Å². The number of aliphatic carboxylic acids is 1. The highest BCUT2D eigenvalue weighted by molar-refractivity contribution is 5.84. The lowest BCUT2D eigenvalue weighted by Crippen LogP contribution is -2.45. The number of carboxylic acid groups (broad SMARTS) is 1. The topological polar surface area (TPSA) is 92.7 Å². The fourth-order valence-electron chi connectivity index (χ4n) is 2.26. The summed E-state index contributed by atoms with van der Waals surface area (Å²) in [5, 5.41) is 11.5. The zero-order chi connectivity index (χ0) is 15.3. The van der Waals surface area contributed by atoms with Crippen LogP contribution in [-0.4, -0.2) is 34.6 Å². The number of amides is 1. The Balaban J connectivity index is 2.58. The van der Waals surface area contributed by atoms with Crippen LogP contribution in [-0.2, 0) is 14.3 Å². The number of hydrogen-bond acceptors (Lipinski definition) is 4. The van der Waals surface area contributed by atoms with Gasteiger partial charge in [0, 0.05) is 12.3 Å². The third-order valence-corrected chi connectivity index (χ3v) is 3.19. The minimum absolute atomic E-state index is 0.0912. The van der Waals surface area contributed by atoms with Crippen LogP contribution in [0, 0.1) is 5.92 Å². The van der Waals surface area contributed by atoms with E-state index in [4.69, 9.17) is 9.84 Å². The number of rotatable bonds is 4. The first kappa shape index (κ1) is 16.5. The number of Topliss-reactive ketones (excluding diaryl/α,β-unsaturated/α-hetero) is 1. The highest BCUT2D eigenvalue weighted by Crippen LogP contribution is 2.24. The number of carbonyl (C=O) groups excluding carboxylic acids is 2. The maximum Gasteiger partial charge on any atom is 0.408 e. The van der Waals surface area contributed by atoms with Crippen LogP contribution in [0.5, 0.6) is 0 Å². The Morgan fingerprint density at radius 3 is 2.55 bits per heavy atom. The van der Waals surface area contributed by atoms with Crippen LogP contribution in [0.4, 0.5) is 4.79 Å². The summed E-state index contributed by atoms with van der Waals surface area (Å²) in [7, 11) is 0. The normalized spacial score (nSPS) is 21.1. The fourth-order valence-corrected chi connectivity index (χ4v) is 2.26. The minimum atomic E-state index is -1.14. The van der Waals surface area contributed by atoms with Crippen LogP contribution in [0.2, 0.25) is 0 Å². The number of alkyl carbamates (subject to hydrolysis) is 1. The van der Waals surface area contributed by atoms with E-state index in [0.29, 0.717) is 12.8 Å². The molecule has 114 valence electrons. The molecule has 0 saturated heterocycles. The molecule has 2 atom stereocenters. The van der Waals surface area contributed by atoms with E-state index in [9.17, 15) is 14.4 Å². The van der Waals surface area contributed by atoms with Gasteiger partial charge in [0.15, 0.2) is 0 Å². The van der Waals surface area contributed by atoms with Crippen molar-refractivity contribution in [3.05, 3.63) is 0 Å². The molecule has 6 heteroatoms. The maximum absolute atomic E-state index is 11.7. The van der Waals surface area contributed by atoms with Crippen LogP contribution in [0.15, 0.2) is 0 Å². The standard InChI is InChI=1S/C14H23NO5/c1-14(2,3)20-13(19)15-10(12(17)18)8-9-6-4-5-7-11(9)16/h9-10H,4-8H2,1-3H3,(H,15,19)(H,17,18)/t9-,10-/m0/s1. The van der Waals surface area contributed by atoms with Gasteiger partial charge in [0.25, 0.3) is 0 Å². The molecule has 0 radical (unpaired) electrons. The highest BCUT2D eigenvalue weighted by Gasteiger charge is 2.30. The smallest absolute Gasteiger partial charge is 0.408 e. The molecule has 0 heterocycles. The van der Waals surface area contributed by atoms with Crippen LogP contribution in [0.3, 0.4) is 0 Å². The lowest BCUT2D eigenvalue weighted by atomic mass is 9.83. The van der Waals surface area contributed by atoms with Gasteiger partial charge in [-0.05, 0) is 40.0 Å². The summed E-state index contributed by atoms with van der Waals surface area (Å²) >= 11 is 0. The van der Waals surface area contributed by atoms with Crippen LogP contribution in [0.25, 0.3) is 0 Å². The van der Waals surface area contributed by atoms with E-state index in [1.54, 1.807) is 20.8 Å². The molecule has 0 unspecified atom stereocenters. The van der Waals surface area contributed by atoms with Crippen molar-refractivity contribution in [3.63, 3.8) is 0 Å². The lowest BCUT2D eigenvalue weighted by Gasteiger charge is -2.25. The maximum atomic E-state index is 11.7. The van der Waals surface area contributed by atoms with Gasteiger partial charge < -0.3 is 15.2 Å². The highest BCUT2D eigenvalue weighted by atomic mass is 16.6. The van der Waals surface area contributed by atoms with Gasteiger partial charge in [0.2, 0.25) is 0 Å². The largest absolute Gasteiger partial charge is 0.480 e. The molecule has 0 aliphatic heterocycles. The molecule has 0 aromatic heterocycles. The Hall–Kier alpha value is -1.59. The van der Waals surface area contributed by atoms with Gasteiger partial charge in [0.05, 0.1) is 0 Å². The average Bonchev–Trinajstić information content (AvgIpc) is 2.28. The monoisotopic (exact) mass is 285 g/mol. The second-order valence-corrected chi connectivity index (χ2v) is 6.18. The Labute approximate surface area is 118 Å². The summed E-state index contributed by atoms with van der Waals surface area (Å²) in [6.45, 7) is 5.10. The Kier molecular flexibility index (Phi) is 5.53. The zero-order valence-corrected chi connectivity index (χ0v) is 12.3. The molecule has 2 N–H and O–H groups in total. The summed E-state index contributed by atoms with van der Waals surface area (Å²) in [5.74, 6) is -1.33. The lowest BCUT2D eigenvalue weighted by molar-refractivity contribution is -0.140. The number of ketones is 1. The minimum Gasteiger partial charge on any atom is -0.480 e. The first-order valence-electron chi connectivity index (χ1n) is 6.94. The number of carbonyl (C=O) groups is 3. The second kappa shape index (κ2) is 6.72. The molecule has 1 rings (SSSR count). The van der Waals surface area contributed by atoms with Gasteiger partial charge in [0.1, 0.15) is 17.4 Å². The summed E-state index contributed by atoms with van der Waals surface area (Å²) in [6, 6.07) is -1.09. The summed E-state index contributed by atoms with van der Waals surface area (Å²) in [6.07, 6.45) is 2.35. The van der Waals surface area contributed by atoms with Crippen molar-refractivity contribution in [1.29, 1.82) is 0 Å². The molecular weight excluding hydrogens is 262 g/mol. The molecular formula is C14H23NO5. The molecule has 0 aromatic rings. The van der Waals surface area contributed by atoms with Crippen molar-refractivity contribution in [2.24, 2.45) is 5.92 Å². The fraction of sp³-hybridized carbons (Fsp3) is 0.786. The van der Waals surface area contributed by atoms with E-state index in [0.717, 1.165) is 12.8 Å². The van der Waals surface area contributed by atoms with Crippen LogP contribution >= 0.6 is 0 Å². The Morgan fingerprint density at radius 1 is 1.40 bits per heavy atom. The summed E-state index contributed by atoms with van der Waals surface area (Å²) in [4.78, 5) is 34.5. The van der Waals surface area contributed by atoms with Crippen LogP contribution < -0.4 is 5.32 Å². The quantitative estimate of drug-likeness (QED) is 0.825. The van der Waals surface area contributed by atoms with Crippen molar-refractivity contribution in [2.75, 3.05) is 0 Å². The van der Waals surface area contributed by atoms with E-state index in [2.05, 4.69) is 5.32 Å². The summed E-state index contributed by atoms with van der Waals surface area (Å²) in [5.41, 5.74) is -0.687. The predicted octanol–water partition coefficient (Wildman–Crippen LogP) is 2.11. The first-order chi connectivity index (χ1) is 9.19. The zero-order valence-electron chi connectivity index (χ0n) is 12.3. The number of carboxylic acids is 1. The number of ether oxygens (including phenoxy) is 1. The molecule has 1 saturated carbocycles. The first-order valence-corrected chi connectivity index (χ1v) is 6.94. The van der Waals surface area contributed by atoms with Gasteiger partial charge >= 0.3 is 12.1 Å². The molecule has 1 aliphatic carbocycles. The van der Waals surface area contributed by atoms with Gasteiger partial charge in [-0.3, -0.25) is 4.79 Å². The van der Waals surface area contributed by atoms with E-state index in [-0.39, 0.29) is 18.1 Å². The third-order valence-electron chi connectivity index (χ3n) is 3.19. The predicted molar refractivity (Wildman–Crippen MR) is 72.4 cm³/mol. The van der Waals surface area contributed by atoms with Crippen molar-refractivity contribution in [2.45, 2.75) is 64.5 Å². The van der Waals surface area contributed by atoms with Gasteiger partial charge in [-0.15, -0.1) is 0 Å². The van der Waals surface area contributed by atoms with Crippen molar-refractivity contribution in [1.82, 2.24) is 5.32 Å². The van der Waals surface area contributed by atoms with Gasteiger partial charge in [-0.25, -0.2) is 9.59 Å². The second-order valence-electron chi connectivity index (χ2n) is 6.18. The molecule has 0 spiro atoms. The Bertz CT molecular complexity index is 386. The van der Waals surface area contributed by atoms with Crippen molar-refractivity contribution in [3.8, 4) is 0 Å².